The van der Waals surface area contributed by atoms with E-state index >= 15 is 0 Å². The number of anilines is 2. The Morgan fingerprint density at radius 3 is 2.52 bits per heavy atom. The number of fused-ring (bicyclic) bond motifs is 2. The molecule has 0 N–H and O–H groups in total. The fourth-order valence-corrected chi connectivity index (χ4v) is 5.61. The standard InChI is InChI=1S/C27H27FN4O/c1-17-11-18(2)31(15-17)25(33)19-7-8-22-24(12-19)32(16-27(22)9-10-27)26-29-13-20(14-30-26)21-5-3-4-6-23(21)28/h3-8,12-14,17-18H,9-11,15-16H2,1-2H3/t17-,18+/m1/s1. The minimum atomic E-state index is -0.286. The number of hydrogen-bond donors (Lipinski definition) is 0. The van der Waals surface area contributed by atoms with E-state index in [0.29, 0.717) is 23.0 Å². The lowest BCUT2D eigenvalue weighted by atomic mass is 9.97. The maximum absolute atomic E-state index is 14.2. The molecule has 1 saturated heterocycles. The van der Waals surface area contributed by atoms with Gasteiger partial charge in [0, 0.05) is 59.3 Å². The van der Waals surface area contributed by atoms with Crippen molar-refractivity contribution in [2.24, 2.45) is 5.92 Å². The van der Waals surface area contributed by atoms with E-state index in [4.69, 9.17) is 0 Å². The molecule has 1 spiro atoms. The molecule has 1 amide bonds. The number of hydrogen-bond acceptors (Lipinski definition) is 4. The van der Waals surface area contributed by atoms with Gasteiger partial charge in [0.15, 0.2) is 0 Å². The van der Waals surface area contributed by atoms with E-state index in [-0.39, 0.29) is 23.2 Å². The molecule has 3 aromatic rings. The normalized spacial score (nSPS) is 22.6. The maximum atomic E-state index is 14.2. The van der Waals surface area contributed by atoms with Gasteiger partial charge in [-0.25, -0.2) is 14.4 Å². The van der Waals surface area contributed by atoms with Gasteiger partial charge in [-0.15, -0.1) is 0 Å². The average Bonchev–Trinajstić information content (AvgIpc) is 3.43. The third-order valence-electron chi connectivity index (χ3n) is 7.53. The monoisotopic (exact) mass is 442 g/mol. The number of aromatic nitrogens is 2. The van der Waals surface area contributed by atoms with Gasteiger partial charge in [0.05, 0.1) is 0 Å². The summed E-state index contributed by atoms with van der Waals surface area (Å²) in [5.74, 6) is 0.937. The van der Waals surface area contributed by atoms with Crippen molar-refractivity contribution in [3.8, 4) is 11.1 Å². The summed E-state index contributed by atoms with van der Waals surface area (Å²) in [6.07, 6.45) is 6.69. The number of halogens is 1. The van der Waals surface area contributed by atoms with Crippen LogP contribution in [-0.4, -0.2) is 39.9 Å². The van der Waals surface area contributed by atoms with Crippen molar-refractivity contribution in [1.29, 1.82) is 0 Å². The molecule has 6 heteroatoms. The number of nitrogens with zero attached hydrogens (tertiary/aromatic N) is 4. The number of carbonyl (C=O) groups is 1. The zero-order valence-corrected chi connectivity index (χ0v) is 19.0. The van der Waals surface area contributed by atoms with Crippen LogP contribution in [0.25, 0.3) is 11.1 Å². The Morgan fingerprint density at radius 2 is 1.85 bits per heavy atom. The van der Waals surface area contributed by atoms with E-state index in [1.807, 2.05) is 17.0 Å². The number of rotatable bonds is 3. The Labute approximate surface area is 193 Å². The lowest BCUT2D eigenvalue weighted by Crippen LogP contribution is -2.34. The van der Waals surface area contributed by atoms with Gasteiger partial charge in [0.1, 0.15) is 5.82 Å². The van der Waals surface area contributed by atoms with Gasteiger partial charge >= 0.3 is 0 Å². The lowest BCUT2D eigenvalue weighted by molar-refractivity contribution is 0.0744. The second kappa shape index (κ2) is 7.37. The van der Waals surface area contributed by atoms with Gasteiger partial charge in [-0.1, -0.05) is 31.2 Å². The number of likely N-dealkylation sites (tertiary alicyclic amines) is 1. The van der Waals surface area contributed by atoms with E-state index in [2.05, 4.69) is 34.8 Å². The molecule has 2 fully saturated rings. The van der Waals surface area contributed by atoms with Crippen molar-refractivity contribution in [2.75, 3.05) is 18.0 Å². The van der Waals surface area contributed by atoms with Crippen molar-refractivity contribution >= 4 is 17.5 Å². The fourth-order valence-electron chi connectivity index (χ4n) is 5.61. The van der Waals surface area contributed by atoms with Crippen LogP contribution in [0.5, 0.6) is 0 Å². The minimum absolute atomic E-state index is 0.0992. The Bertz CT molecular complexity index is 1240. The van der Waals surface area contributed by atoms with Crippen molar-refractivity contribution in [1.82, 2.24) is 14.9 Å². The Kier molecular flexibility index (Phi) is 4.54. The third kappa shape index (κ3) is 3.31. The Morgan fingerprint density at radius 1 is 1.09 bits per heavy atom. The van der Waals surface area contributed by atoms with Gasteiger partial charge in [0.2, 0.25) is 5.95 Å². The quantitative estimate of drug-likeness (QED) is 0.550. The summed E-state index contributed by atoms with van der Waals surface area (Å²) in [6, 6.07) is 13.1. The van der Waals surface area contributed by atoms with Crippen LogP contribution in [0.1, 0.15) is 49.0 Å². The van der Waals surface area contributed by atoms with Crippen LogP contribution in [-0.2, 0) is 5.41 Å². The van der Waals surface area contributed by atoms with Crippen LogP contribution in [0.15, 0.2) is 54.9 Å². The minimum Gasteiger partial charge on any atom is -0.336 e. The second-order valence-corrected chi connectivity index (χ2v) is 10.00. The molecule has 0 unspecified atom stereocenters. The smallest absolute Gasteiger partial charge is 0.254 e. The fraction of sp³-hybridized carbons (Fsp3) is 0.370. The molecule has 33 heavy (non-hydrogen) atoms. The molecule has 5 nitrogen and oxygen atoms in total. The van der Waals surface area contributed by atoms with E-state index in [9.17, 15) is 9.18 Å². The van der Waals surface area contributed by atoms with E-state index in [1.165, 1.54) is 11.6 Å². The van der Waals surface area contributed by atoms with Crippen LogP contribution < -0.4 is 4.90 Å². The van der Waals surface area contributed by atoms with E-state index in [1.54, 1.807) is 30.6 Å². The van der Waals surface area contributed by atoms with Crippen molar-refractivity contribution in [2.45, 2.75) is 44.6 Å². The first-order chi connectivity index (χ1) is 15.9. The molecule has 168 valence electrons. The van der Waals surface area contributed by atoms with Gasteiger partial charge in [-0.2, -0.15) is 0 Å². The van der Waals surface area contributed by atoms with Gasteiger partial charge in [0.25, 0.3) is 5.91 Å². The average molecular weight is 443 g/mol. The van der Waals surface area contributed by atoms with Crippen molar-refractivity contribution in [3.63, 3.8) is 0 Å². The summed E-state index contributed by atoms with van der Waals surface area (Å²) < 4.78 is 14.2. The van der Waals surface area contributed by atoms with E-state index in [0.717, 1.165) is 43.6 Å². The molecular weight excluding hydrogens is 415 g/mol. The van der Waals surface area contributed by atoms with E-state index < -0.39 is 0 Å². The van der Waals surface area contributed by atoms with Crippen molar-refractivity contribution < 1.29 is 9.18 Å². The molecule has 2 aliphatic heterocycles. The van der Waals surface area contributed by atoms with Crippen LogP contribution in [0.3, 0.4) is 0 Å². The first-order valence-corrected chi connectivity index (χ1v) is 11.8. The predicted octanol–water partition coefficient (Wildman–Crippen LogP) is 5.34. The van der Waals surface area contributed by atoms with Crippen LogP contribution in [0, 0.1) is 11.7 Å². The molecule has 0 bridgehead atoms. The summed E-state index contributed by atoms with van der Waals surface area (Å²) in [6.45, 7) is 5.96. The highest BCUT2D eigenvalue weighted by Crippen LogP contribution is 2.57. The summed E-state index contributed by atoms with van der Waals surface area (Å²) in [4.78, 5) is 26.6. The highest BCUT2D eigenvalue weighted by atomic mass is 19.1. The van der Waals surface area contributed by atoms with Crippen LogP contribution >= 0.6 is 0 Å². The van der Waals surface area contributed by atoms with Gasteiger partial charge in [-0.05, 0) is 55.9 Å². The maximum Gasteiger partial charge on any atom is 0.254 e. The molecule has 2 atom stereocenters. The zero-order chi connectivity index (χ0) is 22.7. The molecule has 6 rings (SSSR count). The molecule has 1 aliphatic carbocycles. The predicted molar refractivity (Wildman–Crippen MR) is 126 cm³/mol. The summed E-state index contributed by atoms with van der Waals surface area (Å²) in [7, 11) is 0. The Hall–Kier alpha value is -3.28. The number of carbonyl (C=O) groups excluding carboxylic acids is 1. The van der Waals surface area contributed by atoms with Crippen molar-refractivity contribution in [3.05, 3.63) is 71.8 Å². The van der Waals surface area contributed by atoms with Gasteiger partial charge in [-0.3, -0.25) is 4.79 Å². The Balaban J connectivity index is 1.34. The first kappa shape index (κ1) is 20.3. The molecule has 2 aromatic carbocycles. The summed E-state index contributed by atoms with van der Waals surface area (Å²) >= 11 is 0. The topological polar surface area (TPSA) is 49.3 Å². The largest absolute Gasteiger partial charge is 0.336 e. The number of amides is 1. The van der Waals surface area contributed by atoms with Crippen LogP contribution in [0.2, 0.25) is 0 Å². The summed E-state index contributed by atoms with van der Waals surface area (Å²) in [5.41, 5.74) is 4.31. The second-order valence-electron chi connectivity index (χ2n) is 10.00. The number of benzene rings is 2. The lowest BCUT2D eigenvalue weighted by Gasteiger charge is -2.23. The molecular formula is C27H27FN4O. The summed E-state index contributed by atoms with van der Waals surface area (Å²) in [5, 5.41) is 0. The first-order valence-electron chi connectivity index (χ1n) is 11.8. The molecule has 0 radical (unpaired) electrons. The van der Waals surface area contributed by atoms with Crippen LogP contribution in [0.4, 0.5) is 16.0 Å². The molecule has 1 saturated carbocycles. The third-order valence-corrected chi connectivity index (χ3v) is 7.53. The zero-order valence-electron chi connectivity index (χ0n) is 19.0. The SMILES string of the molecule is C[C@@H]1C[C@H](C)N(C(=O)c2ccc3c(c2)N(c2ncc(-c4ccccc4F)cn2)CC32CC2)C1. The molecule has 3 heterocycles. The highest BCUT2D eigenvalue weighted by Gasteiger charge is 2.52. The molecule has 3 aliphatic rings. The molecule has 1 aromatic heterocycles. The van der Waals surface area contributed by atoms with Gasteiger partial charge < -0.3 is 9.80 Å². The highest BCUT2D eigenvalue weighted by molar-refractivity contribution is 5.96.